The molecule has 1 aliphatic rings. The molecule has 1 aromatic rings. The lowest BCUT2D eigenvalue weighted by molar-refractivity contribution is -0.140. The highest BCUT2D eigenvalue weighted by molar-refractivity contribution is 5.78. The Hall–Kier alpha value is -2.14. The highest BCUT2D eigenvalue weighted by Crippen LogP contribution is 2.25. The third-order valence-electron chi connectivity index (χ3n) is 6.32. The van der Waals surface area contributed by atoms with Crippen molar-refractivity contribution in [3.05, 3.63) is 48.0 Å². The molecule has 1 N–H and O–H groups in total. The Balaban J connectivity index is 1.66. The van der Waals surface area contributed by atoms with E-state index in [-0.39, 0.29) is 29.9 Å². The first-order valence-corrected chi connectivity index (χ1v) is 11.7. The van der Waals surface area contributed by atoms with E-state index in [1.807, 2.05) is 23.1 Å². The first kappa shape index (κ1) is 25.1. The van der Waals surface area contributed by atoms with E-state index in [9.17, 15) is 14.7 Å². The lowest BCUT2D eigenvalue weighted by Gasteiger charge is -2.26. The summed E-state index contributed by atoms with van der Waals surface area (Å²) in [5.41, 5.74) is 1.35. The number of allylic oxidation sites excluding steroid dienone is 1. The van der Waals surface area contributed by atoms with Gasteiger partial charge in [-0.2, -0.15) is 0 Å². The maximum atomic E-state index is 12.3. The highest BCUT2D eigenvalue weighted by Gasteiger charge is 2.30. The third kappa shape index (κ3) is 9.26. The van der Waals surface area contributed by atoms with E-state index in [2.05, 4.69) is 35.9 Å². The Bertz CT molecular complexity index is 688. The number of aliphatic hydroxyl groups is 1. The van der Waals surface area contributed by atoms with Gasteiger partial charge >= 0.3 is 5.97 Å². The number of rotatable bonds is 14. The van der Waals surface area contributed by atoms with Crippen LogP contribution in [0.1, 0.15) is 70.3 Å². The molecule has 1 saturated heterocycles. The predicted molar refractivity (Wildman–Crippen MR) is 124 cm³/mol. The van der Waals surface area contributed by atoms with E-state index in [0.29, 0.717) is 19.4 Å². The SMILES string of the molecule is COC(=O)CCC/C=C\CN1C(=O)CC[C@@H]1CC[C@@H](O)[C@@H](C)CCCc1ccccc1. The zero-order chi connectivity index (χ0) is 22.5. The summed E-state index contributed by atoms with van der Waals surface area (Å²) in [6, 6.07) is 10.7. The number of aryl methyl sites for hydroxylation is 1. The number of amides is 1. The summed E-state index contributed by atoms with van der Waals surface area (Å²) in [6.07, 6.45) is 11.9. The number of unbranched alkanes of at least 4 members (excludes halogenated alkanes) is 1. The smallest absolute Gasteiger partial charge is 0.305 e. The van der Waals surface area contributed by atoms with Crippen molar-refractivity contribution >= 4 is 11.9 Å². The Labute approximate surface area is 187 Å². The molecule has 0 bridgehead atoms. The zero-order valence-electron chi connectivity index (χ0n) is 19.2. The molecule has 3 atom stereocenters. The number of carbonyl (C=O) groups is 2. The molecule has 172 valence electrons. The minimum Gasteiger partial charge on any atom is -0.469 e. The van der Waals surface area contributed by atoms with Gasteiger partial charge in [0, 0.05) is 25.4 Å². The van der Waals surface area contributed by atoms with Crippen molar-refractivity contribution in [2.24, 2.45) is 5.92 Å². The van der Waals surface area contributed by atoms with Crippen LogP contribution in [0.5, 0.6) is 0 Å². The summed E-state index contributed by atoms with van der Waals surface area (Å²) in [5.74, 6) is 0.287. The van der Waals surface area contributed by atoms with Crippen LogP contribution in [0, 0.1) is 5.92 Å². The van der Waals surface area contributed by atoms with Crippen molar-refractivity contribution in [1.82, 2.24) is 4.90 Å². The van der Waals surface area contributed by atoms with E-state index in [0.717, 1.165) is 51.4 Å². The first-order valence-electron chi connectivity index (χ1n) is 11.7. The van der Waals surface area contributed by atoms with Crippen LogP contribution in [0.2, 0.25) is 0 Å². The van der Waals surface area contributed by atoms with Gasteiger partial charge in [-0.1, -0.05) is 49.4 Å². The lowest BCUT2D eigenvalue weighted by Crippen LogP contribution is -2.34. The second kappa shape index (κ2) is 14.0. The summed E-state index contributed by atoms with van der Waals surface area (Å²) < 4.78 is 4.63. The molecule has 1 aromatic carbocycles. The van der Waals surface area contributed by atoms with E-state index in [1.165, 1.54) is 12.7 Å². The van der Waals surface area contributed by atoms with E-state index in [1.54, 1.807) is 0 Å². The predicted octanol–water partition coefficient (Wildman–Crippen LogP) is 4.68. The van der Waals surface area contributed by atoms with Gasteiger partial charge in [0.05, 0.1) is 13.2 Å². The topological polar surface area (TPSA) is 66.8 Å². The van der Waals surface area contributed by atoms with Gasteiger partial charge in [0.2, 0.25) is 5.91 Å². The summed E-state index contributed by atoms with van der Waals surface area (Å²) in [6.45, 7) is 2.74. The minimum absolute atomic E-state index is 0.184. The van der Waals surface area contributed by atoms with Gasteiger partial charge in [-0.3, -0.25) is 9.59 Å². The van der Waals surface area contributed by atoms with Crippen molar-refractivity contribution in [2.75, 3.05) is 13.7 Å². The minimum atomic E-state index is -0.317. The number of methoxy groups -OCH3 is 1. The summed E-state index contributed by atoms with van der Waals surface area (Å²) in [5, 5.41) is 10.6. The van der Waals surface area contributed by atoms with Gasteiger partial charge in [-0.25, -0.2) is 0 Å². The number of likely N-dealkylation sites (tertiary alicyclic amines) is 1. The number of hydrogen-bond acceptors (Lipinski definition) is 4. The molecule has 0 radical (unpaired) electrons. The molecule has 0 spiro atoms. The third-order valence-corrected chi connectivity index (χ3v) is 6.32. The van der Waals surface area contributed by atoms with Crippen LogP contribution in [0.15, 0.2) is 42.5 Å². The number of hydrogen-bond donors (Lipinski definition) is 1. The fraction of sp³-hybridized carbons (Fsp3) is 0.615. The number of carbonyl (C=O) groups excluding carboxylic acids is 2. The molecule has 0 unspecified atom stereocenters. The number of esters is 1. The van der Waals surface area contributed by atoms with Crippen LogP contribution < -0.4 is 0 Å². The van der Waals surface area contributed by atoms with Crippen LogP contribution in [-0.2, 0) is 20.7 Å². The van der Waals surface area contributed by atoms with Gasteiger partial charge in [0.1, 0.15) is 0 Å². The van der Waals surface area contributed by atoms with Crippen molar-refractivity contribution in [3.8, 4) is 0 Å². The fourth-order valence-electron chi connectivity index (χ4n) is 4.23. The second-order valence-corrected chi connectivity index (χ2v) is 8.68. The molecule has 2 rings (SSSR count). The quantitative estimate of drug-likeness (QED) is 0.265. The Morgan fingerprint density at radius 1 is 1.23 bits per heavy atom. The maximum Gasteiger partial charge on any atom is 0.305 e. The average Bonchev–Trinajstić information content (AvgIpc) is 3.14. The first-order chi connectivity index (χ1) is 15.0. The normalized spacial score (nSPS) is 18.5. The van der Waals surface area contributed by atoms with Gasteiger partial charge in [-0.05, 0) is 62.8 Å². The van der Waals surface area contributed by atoms with Crippen LogP contribution in [0.25, 0.3) is 0 Å². The van der Waals surface area contributed by atoms with Crippen LogP contribution in [0.4, 0.5) is 0 Å². The summed E-state index contributed by atoms with van der Waals surface area (Å²) in [7, 11) is 1.40. The van der Waals surface area contributed by atoms with Crippen molar-refractivity contribution in [3.63, 3.8) is 0 Å². The van der Waals surface area contributed by atoms with Crippen molar-refractivity contribution in [1.29, 1.82) is 0 Å². The number of aliphatic hydroxyl groups excluding tert-OH is 1. The molecular formula is C26H39NO4. The molecule has 5 heteroatoms. The second-order valence-electron chi connectivity index (χ2n) is 8.68. The standard InChI is InChI=1S/C26H39NO4/c1-21(11-10-14-22-12-6-5-7-13-22)24(28)18-16-23-17-19-25(29)27(23)20-9-4-3-8-15-26(30)31-2/h4-7,9,12-13,21,23-24,28H,3,8,10-11,14-20H2,1-2H3/b9-4-/t21-,23-,24+/m0/s1. The number of ether oxygens (including phenoxy) is 1. The zero-order valence-corrected chi connectivity index (χ0v) is 19.2. The Morgan fingerprint density at radius 3 is 2.74 bits per heavy atom. The summed E-state index contributed by atoms with van der Waals surface area (Å²) >= 11 is 0. The van der Waals surface area contributed by atoms with Crippen LogP contribution in [0.3, 0.4) is 0 Å². The van der Waals surface area contributed by atoms with E-state index < -0.39 is 0 Å². The molecule has 1 heterocycles. The molecule has 1 amide bonds. The van der Waals surface area contributed by atoms with Crippen molar-refractivity contribution < 1.29 is 19.4 Å². The van der Waals surface area contributed by atoms with Crippen LogP contribution >= 0.6 is 0 Å². The van der Waals surface area contributed by atoms with Gasteiger partial charge in [0.25, 0.3) is 0 Å². The molecule has 5 nitrogen and oxygen atoms in total. The lowest BCUT2D eigenvalue weighted by atomic mass is 9.92. The molecule has 1 fully saturated rings. The largest absolute Gasteiger partial charge is 0.469 e. The maximum absolute atomic E-state index is 12.3. The number of nitrogens with zero attached hydrogens (tertiary/aromatic N) is 1. The molecule has 0 aromatic heterocycles. The number of benzene rings is 1. The fourth-order valence-corrected chi connectivity index (χ4v) is 4.23. The van der Waals surface area contributed by atoms with Crippen molar-refractivity contribution in [2.45, 2.75) is 83.3 Å². The molecule has 1 aliphatic heterocycles. The molecular weight excluding hydrogens is 390 g/mol. The van der Waals surface area contributed by atoms with Crippen LogP contribution in [-0.4, -0.2) is 47.7 Å². The van der Waals surface area contributed by atoms with E-state index >= 15 is 0 Å². The van der Waals surface area contributed by atoms with Gasteiger partial charge in [0.15, 0.2) is 0 Å². The van der Waals surface area contributed by atoms with Gasteiger partial charge < -0.3 is 14.7 Å². The van der Waals surface area contributed by atoms with Gasteiger partial charge in [-0.15, -0.1) is 0 Å². The molecule has 0 saturated carbocycles. The molecule has 31 heavy (non-hydrogen) atoms. The monoisotopic (exact) mass is 429 g/mol. The Kier molecular flexibility index (Phi) is 11.4. The highest BCUT2D eigenvalue weighted by atomic mass is 16.5. The average molecular weight is 430 g/mol. The Morgan fingerprint density at radius 2 is 2.00 bits per heavy atom. The molecule has 0 aliphatic carbocycles. The summed E-state index contributed by atoms with van der Waals surface area (Å²) in [4.78, 5) is 25.3. The van der Waals surface area contributed by atoms with E-state index in [4.69, 9.17) is 0 Å².